The fraction of sp³-hybridized carbons (Fsp3) is 0.522. The van der Waals surface area contributed by atoms with Crippen LogP contribution < -0.4 is 5.73 Å². The summed E-state index contributed by atoms with van der Waals surface area (Å²) in [7, 11) is 3.98. The number of rotatable bonds is 5. The van der Waals surface area contributed by atoms with Crippen LogP contribution in [0.4, 0.5) is 5.69 Å². The number of nitrogens with two attached hydrogens (primary N) is 1. The third-order valence-electron chi connectivity index (χ3n) is 6.29. The van der Waals surface area contributed by atoms with Gasteiger partial charge in [-0.15, -0.1) is 0 Å². The molecule has 2 fully saturated rings. The van der Waals surface area contributed by atoms with E-state index in [0.29, 0.717) is 31.7 Å². The molecule has 0 spiro atoms. The van der Waals surface area contributed by atoms with E-state index in [4.69, 9.17) is 10.7 Å². The number of fused-ring (bicyclic) bond motifs is 1. The highest BCUT2D eigenvalue weighted by Crippen LogP contribution is 2.32. The lowest BCUT2D eigenvalue weighted by atomic mass is 9.91. The molecule has 2 aliphatic heterocycles. The van der Waals surface area contributed by atoms with Crippen molar-refractivity contribution in [1.82, 2.24) is 19.7 Å². The molecule has 3 heterocycles. The molecule has 7 heteroatoms. The lowest BCUT2D eigenvalue weighted by Crippen LogP contribution is -2.43. The van der Waals surface area contributed by atoms with E-state index in [2.05, 4.69) is 4.90 Å². The van der Waals surface area contributed by atoms with E-state index in [1.54, 1.807) is 0 Å². The van der Waals surface area contributed by atoms with E-state index in [-0.39, 0.29) is 23.7 Å². The third-order valence-corrected chi connectivity index (χ3v) is 6.29. The van der Waals surface area contributed by atoms with Gasteiger partial charge >= 0.3 is 0 Å². The Labute approximate surface area is 177 Å². The largest absolute Gasteiger partial charge is 0.397 e. The topological polar surface area (TPSA) is 82.8 Å². The molecule has 0 aliphatic carbocycles. The minimum atomic E-state index is -0.236. The summed E-state index contributed by atoms with van der Waals surface area (Å²) in [6, 6.07) is 9.95. The number of aromatic nitrogens is 1. The van der Waals surface area contributed by atoms with Crippen LogP contribution in [0.1, 0.15) is 30.9 Å². The van der Waals surface area contributed by atoms with Gasteiger partial charge in [0.1, 0.15) is 0 Å². The van der Waals surface area contributed by atoms with Gasteiger partial charge in [-0.3, -0.25) is 14.6 Å². The monoisotopic (exact) mass is 409 g/mol. The van der Waals surface area contributed by atoms with Crippen molar-refractivity contribution < 1.29 is 9.59 Å². The Kier molecular flexibility index (Phi) is 5.90. The van der Waals surface area contributed by atoms with Crippen LogP contribution in [-0.4, -0.2) is 78.3 Å². The average molecular weight is 410 g/mol. The van der Waals surface area contributed by atoms with Gasteiger partial charge in [-0.2, -0.15) is 0 Å². The van der Waals surface area contributed by atoms with Crippen LogP contribution in [-0.2, 0) is 9.59 Å². The van der Waals surface area contributed by atoms with Crippen molar-refractivity contribution in [2.45, 2.75) is 25.2 Å². The average Bonchev–Trinajstić information content (AvgIpc) is 3.11. The fourth-order valence-corrected chi connectivity index (χ4v) is 4.61. The van der Waals surface area contributed by atoms with Crippen LogP contribution in [0.2, 0.25) is 0 Å². The Hall–Kier alpha value is -2.67. The summed E-state index contributed by atoms with van der Waals surface area (Å²) < 4.78 is 0. The van der Waals surface area contributed by atoms with Crippen molar-refractivity contribution in [1.29, 1.82) is 0 Å². The minimum Gasteiger partial charge on any atom is -0.397 e. The Morgan fingerprint density at radius 2 is 2.07 bits per heavy atom. The van der Waals surface area contributed by atoms with E-state index < -0.39 is 0 Å². The molecule has 0 unspecified atom stereocenters. The number of carbonyl (C=O) groups excluding carboxylic acids is 2. The van der Waals surface area contributed by atoms with Crippen LogP contribution in [0.5, 0.6) is 0 Å². The van der Waals surface area contributed by atoms with Gasteiger partial charge in [-0.05, 0) is 39.1 Å². The third kappa shape index (κ3) is 4.26. The number of hydrogen-bond acceptors (Lipinski definition) is 5. The van der Waals surface area contributed by atoms with Gasteiger partial charge in [-0.1, -0.05) is 18.2 Å². The molecule has 2 N–H and O–H groups in total. The van der Waals surface area contributed by atoms with Crippen LogP contribution in [0, 0.1) is 5.92 Å². The highest BCUT2D eigenvalue weighted by atomic mass is 16.2. The van der Waals surface area contributed by atoms with Crippen molar-refractivity contribution in [3.05, 3.63) is 36.0 Å². The minimum absolute atomic E-state index is 0.0872. The molecule has 4 rings (SSSR count). The molecule has 30 heavy (non-hydrogen) atoms. The smallest absolute Gasteiger partial charge is 0.228 e. The number of para-hydroxylation sites is 1. The maximum atomic E-state index is 13.2. The highest BCUT2D eigenvalue weighted by molar-refractivity contribution is 5.89. The Morgan fingerprint density at radius 1 is 1.27 bits per heavy atom. The maximum Gasteiger partial charge on any atom is 0.228 e. The van der Waals surface area contributed by atoms with Gasteiger partial charge in [0.05, 0.1) is 22.8 Å². The first-order chi connectivity index (χ1) is 14.4. The zero-order valence-electron chi connectivity index (χ0n) is 17.9. The van der Waals surface area contributed by atoms with Gasteiger partial charge in [0, 0.05) is 50.4 Å². The van der Waals surface area contributed by atoms with Crippen molar-refractivity contribution in [3.63, 3.8) is 0 Å². The van der Waals surface area contributed by atoms with E-state index in [9.17, 15) is 9.59 Å². The number of amides is 2. The number of carbonyl (C=O) groups is 2. The number of hydrogen-bond donors (Lipinski definition) is 1. The number of likely N-dealkylation sites (N-methyl/N-ethyl adjacent to an activating group) is 1. The first-order valence-electron chi connectivity index (χ1n) is 10.8. The predicted molar refractivity (Wildman–Crippen MR) is 118 cm³/mol. The van der Waals surface area contributed by atoms with Gasteiger partial charge in [0.15, 0.2) is 0 Å². The first kappa shape index (κ1) is 20.6. The molecule has 2 aliphatic rings. The summed E-state index contributed by atoms with van der Waals surface area (Å²) in [5, 5.41) is 1.03. The lowest BCUT2D eigenvalue weighted by molar-refractivity contribution is -0.137. The normalized spacial score (nSPS) is 22.3. The summed E-state index contributed by atoms with van der Waals surface area (Å²) in [6.45, 7) is 3.38. The standard InChI is InChI=1S/C23H31N5O2/c1-26(2)10-11-27-15-18(13-21(27)29)23(30)28-9-5-7-17(14-28)22-19(24)12-16-6-3-4-8-20(16)25-22/h3-4,6,8,12,17-18H,5,7,9-11,13-15,24H2,1-2H3/t17-,18-/m1/s1. The zero-order valence-corrected chi connectivity index (χ0v) is 17.9. The second-order valence-electron chi connectivity index (χ2n) is 8.82. The van der Waals surface area contributed by atoms with Crippen molar-refractivity contribution in [2.75, 3.05) is 52.6 Å². The van der Waals surface area contributed by atoms with Gasteiger partial charge in [0.2, 0.25) is 11.8 Å². The van der Waals surface area contributed by atoms with Gasteiger partial charge in [0.25, 0.3) is 0 Å². The SMILES string of the molecule is CN(C)CCN1C[C@H](C(=O)N2CCC[C@@H](c3nc4ccccc4cc3N)C2)CC1=O. The van der Waals surface area contributed by atoms with Crippen LogP contribution in [0.3, 0.4) is 0 Å². The molecule has 0 radical (unpaired) electrons. The molecule has 2 amide bonds. The molecular weight excluding hydrogens is 378 g/mol. The Morgan fingerprint density at radius 3 is 2.87 bits per heavy atom. The van der Waals surface area contributed by atoms with Crippen molar-refractivity contribution in [3.8, 4) is 0 Å². The van der Waals surface area contributed by atoms with Crippen LogP contribution in [0.25, 0.3) is 10.9 Å². The fourth-order valence-electron chi connectivity index (χ4n) is 4.61. The molecule has 0 bridgehead atoms. The lowest BCUT2D eigenvalue weighted by Gasteiger charge is -2.34. The number of likely N-dealkylation sites (tertiary alicyclic amines) is 2. The molecule has 7 nitrogen and oxygen atoms in total. The van der Waals surface area contributed by atoms with Gasteiger partial charge in [-0.25, -0.2) is 0 Å². The predicted octanol–water partition coefficient (Wildman–Crippen LogP) is 1.93. The maximum absolute atomic E-state index is 13.2. The number of pyridine rings is 1. The molecule has 2 aromatic rings. The number of nitrogens with zero attached hydrogens (tertiary/aromatic N) is 4. The molecule has 0 saturated carbocycles. The van der Waals surface area contributed by atoms with E-state index in [1.165, 1.54) is 0 Å². The number of piperidine rings is 1. The van der Waals surface area contributed by atoms with Gasteiger partial charge < -0.3 is 20.4 Å². The summed E-state index contributed by atoms with van der Waals surface area (Å²) in [6.07, 6.45) is 2.22. The summed E-state index contributed by atoms with van der Waals surface area (Å²) in [5.74, 6) is 0.0820. The quantitative estimate of drug-likeness (QED) is 0.816. The second kappa shape index (κ2) is 8.60. The number of benzene rings is 1. The van der Waals surface area contributed by atoms with Crippen LogP contribution in [0.15, 0.2) is 30.3 Å². The second-order valence-corrected chi connectivity index (χ2v) is 8.82. The van der Waals surface area contributed by atoms with Crippen molar-refractivity contribution in [2.24, 2.45) is 5.92 Å². The first-order valence-corrected chi connectivity index (χ1v) is 10.8. The van der Waals surface area contributed by atoms with E-state index in [1.807, 2.05) is 54.2 Å². The summed E-state index contributed by atoms with van der Waals surface area (Å²) >= 11 is 0. The zero-order chi connectivity index (χ0) is 21.3. The molecule has 2 saturated heterocycles. The van der Waals surface area contributed by atoms with Crippen LogP contribution >= 0.6 is 0 Å². The number of nitrogen functional groups attached to an aromatic ring is 1. The van der Waals surface area contributed by atoms with E-state index >= 15 is 0 Å². The highest BCUT2D eigenvalue weighted by Gasteiger charge is 2.38. The summed E-state index contributed by atoms with van der Waals surface area (Å²) in [5.41, 5.74) is 8.85. The number of anilines is 1. The Bertz CT molecular complexity index is 944. The molecular formula is C23H31N5O2. The molecule has 1 aromatic carbocycles. The van der Waals surface area contributed by atoms with Crippen molar-refractivity contribution >= 4 is 28.4 Å². The molecule has 1 aromatic heterocycles. The van der Waals surface area contributed by atoms with E-state index in [0.717, 1.165) is 42.5 Å². The summed E-state index contributed by atoms with van der Waals surface area (Å²) in [4.78, 5) is 36.2. The Balaban J connectivity index is 1.45. The molecule has 2 atom stereocenters. The molecule has 160 valence electrons.